The largest absolute Gasteiger partial charge is 0.340 e. The standard InChI is InChI=1S/C27H23ClFN7O5S/c1-42(40,41)33-26(38)21-10-9-20(15-22(21)29)31-27(39)23(13-17-5-3-2-4-6-17)32-25(37)12-7-18-14-19(28)8-11-24(18)36-16-30-34-35-36/h2-12,14-16,23H,13H2,1H3,(H,31,39)(H,32,37)(H,33,38)/t23-/m0/s1. The second kappa shape index (κ2) is 13.1. The fourth-order valence-corrected chi connectivity index (χ4v) is 4.44. The molecular formula is C27H23ClFN7O5S. The molecule has 0 spiro atoms. The summed E-state index contributed by atoms with van der Waals surface area (Å²) in [5.41, 5.74) is 1.30. The molecule has 0 fully saturated rings. The van der Waals surface area contributed by atoms with E-state index in [1.54, 1.807) is 53.3 Å². The lowest BCUT2D eigenvalue weighted by Crippen LogP contribution is -2.44. The molecule has 1 atom stereocenters. The van der Waals surface area contributed by atoms with Crippen molar-refractivity contribution in [3.05, 3.63) is 107 Å². The first-order valence-electron chi connectivity index (χ1n) is 12.2. The van der Waals surface area contributed by atoms with Crippen molar-refractivity contribution in [3.8, 4) is 5.69 Å². The van der Waals surface area contributed by atoms with Crippen LogP contribution in [0.2, 0.25) is 5.02 Å². The van der Waals surface area contributed by atoms with E-state index in [1.807, 2.05) is 0 Å². The third-order valence-electron chi connectivity index (χ3n) is 5.67. The van der Waals surface area contributed by atoms with E-state index in [0.717, 1.165) is 24.0 Å². The number of amides is 3. The number of halogens is 2. The Balaban J connectivity index is 1.52. The molecule has 0 aliphatic rings. The van der Waals surface area contributed by atoms with Gasteiger partial charge in [-0.1, -0.05) is 41.9 Å². The Bertz CT molecular complexity index is 1750. The van der Waals surface area contributed by atoms with Gasteiger partial charge in [0.2, 0.25) is 21.8 Å². The highest BCUT2D eigenvalue weighted by Crippen LogP contribution is 2.20. The first kappa shape index (κ1) is 30.0. The number of aromatic nitrogens is 4. The summed E-state index contributed by atoms with van der Waals surface area (Å²) in [6.45, 7) is 0. The molecule has 3 aromatic carbocycles. The van der Waals surface area contributed by atoms with Crippen molar-refractivity contribution in [2.75, 3.05) is 11.6 Å². The summed E-state index contributed by atoms with van der Waals surface area (Å²) in [6, 6.07) is 15.9. The molecule has 15 heteroatoms. The van der Waals surface area contributed by atoms with Gasteiger partial charge in [-0.05, 0) is 58.5 Å². The molecule has 0 aliphatic heterocycles. The molecule has 3 amide bonds. The maximum atomic E-state index is 14.6. The first-order chi connectivity index (χ1) is 20.0. The number of sulfonamides is 1. The lowest BCUT2D eigenvalue weighted by Gasteiger charge is -2.18. The van der Waals surface area contributed by atoms with E-state index >= 15 is 0 Å². The second-order valence-electron chi connectivity index (χ2n) is 8.93. The molecule has 0 unspecified atom stereocenters. The number of carbonyl (C=O) groups is 3. The van der Waals surface area contributed by atoms with E-state index in [2.05, 4.69) is 26.2 Å². The Kier molecular flexibility index (Phi) is 9.39. The number of hydrogen-bond donors (Lipinski definition) is 3. The minimum atomic E-state index is -3.91. The van der Waals surface area contributed by atoms with Crippen molar-refractivity contribution in [2.24, 2.45) is 0 Å². The van der Waals surface area contributed by atoms with Crippen LogP contribution in [0.1, 0.15) is 21.5 Å². The number of nitrogens with zero attached hydrogens (tertiary/aromatic N) is 4. The van der Waals surface area contributed by atoms with Gasteiger partial charge >= 0.3 is 0 Å². The zero-order valence-corrected chi connectivity index (χ0v) is 23.4. The average molecular weight is 612 g/mol. The van der Waals surface area contributed by atoms with Gasteiger partial charge in [0.05, 0.1) is 17.5 Å². The van der Waals surface area contributed by atoms with Crippen molar-refractivity contribution in [2.45, 2.75) is 12.5 Å². The van der Waals surface area contributed by atoms with Crippen LogP contribution in [0.3, 0.4) is 0 Å². The third-order valence-corrected chi connectivity index (χ3v) is 6.47. The number of anilines is 1. The number of hydrogen-bond acceptors (Lipinski definition) is 8. The highest BCUT2D eigenvalue weighted by atomic mass is 35.5. The summed E-state index contributed by atoms with van der Waals surface area (Å²) >= 11 is 6.13. The molecule has 0 aliphatic carbocycles. The fraction of sp³-hybridized carbons (Fsp3) is 0.111. The molecule has 0 radical (unpaired) electrons. The first-order valence-corrected chi connectivity index (χ1v) is 14.4. The molecule has 0 bridgehead atoms. The molecule has 12 nitrogen and oxygen atoms in total. The number of carbonyl (C=O) groups excluding carboxylic acids is 3. The van der Waals surface area contributed by atoms with E-state index in [4.69, 9.17) is 11.6 Å². The molecule has 4 aromatic rings. The molecule has 0 saturated carbocycles. The van der Waals surface area contributed by atoms with Crippen LogP contribution in [0, 0.1) is 5.82 Å². The SMILES string of the molecule is CS(=O)(=O)NC(=O)c1ccc(NC(=O)[C@H](Cc2ccccc2)NC(=O)C=Cc2cc(Cl)ccc2-n2cnnn2)cc1F. The summed E-state index contributed by atoms with van der Waals surface area (Å²) in [4.78, 5) is 38.2. The topological polar surface area (TPSA) is 165 Å². The maximum absolute atomic E-state index is 14.6. The van der Waals surface area contributed by atoms with Gasteiger partial charge in [-0.15, -0.1) is 5.10 Å². The van der Waals surface area contributed by atoms with Crippen molar-refractivity contribution in [1.82, 2.24) is 30.2 Å². The highest BCUT2D eigenvalue weighted by molar-refractivity contribution is 7.89. The van der Waals surface area contributed by atoms with Crippen LogP contribution in [-0.2, 0) is 26.0 Å². The highest BCUT2D eigenvalue weighted by Gasteiger charge is 2.22. The molecule has 1 aromatic heterocycles. The van der Waals surface area contributed by atoms with Crippen molar-refractivity contribution in [1.29, 1.82) is 0 Å². The summed E-state index contributed by atoms with van der Waals surface area (Å²) in [5, 5.41) is 16.7. The number of rotatable bonds is 10. The number of tetrazole rings is 1. The van der Waals surface area contributed by atoms with Crippen LogP contribution in [0.15, 0.2) is 79.1 Å². The molecular weight excluding hydrogens is 589 g/mol. The van der Waals surface area contributed by atoms with Gasteiger partial charge in [0.25, 0.3) is 5.91 Å². The van der Waals surface area contributed by atoms with Crippen LogP contribution in [0.25, 0.3) is 11.8 Å². The van der Waals surface area contributed by atoms with Gasteiger partial charge in [0.15, 0.2) is 0 Å². The van der Waals surface area contributed by atoms with E-state index < -0.39 is 45.2 Å². The van der Waals surface area contributed by atoms with Gasteiger partial charge in [0, 0.05) is 28.8 Å². The Morgan fingerprint density at radius 1 is 1.07 bits per heavy atom. The van der Waals surface area contributed by atoms with E-state index in [-0.39, 0.29) is 12.1 Å². The Labute approximate surface area is 244 Å². The lowest BCUT2D eigenvalue weighted by molar-refractivity contribution is -0.123. The Morgan fingerprint density at radius 2 is 1.83 bits per heavy atom. The number of nitrogens with one attached hydrogen (secondary N) is 3. The van der Waals surface area contributed by atoms with Crippen LogP contribution >= 0.6 is 11.6 Å². The molecule has 216 valence electrons. The molecule has 4 rings (SSSR count). The fourth-order valence-electron chi connectivity index (χ4n) is 3.81. The third kappa shape index (κ3) is 8.28. The van der Waals surface area contributed by atoms with E-state index in [9.17, 15) is 27.2 Å². The zero-order valence-electron chi connectivity index (χ0n) is 21.9. The lowest BCUT2D eigenvalue weighted by atomic mass is 10.0. The molecule has 42 heavy (non-hydrogen) atoms. The van der Waals surface area contributed by atoms with Crippen LogP contribution in [0.5, 0.6) is 0 Å². The minimum Gasteiger partial charge on any atom is -0.340 e. The molecule has 1 heterocycles. The number of benzene rings is 3. The van der Waals surface area contributed by atoms with Gasteiger partial charge < -0.3 is 10.6 Å². The predicted molar refractivity (Wildman–Crippen MR) is 153 cm³/mol. The van der Waals surface area contributed by atoms with E-state index in [0.29, 0.717) is 16.3 Å². The van der Waals surface area contributed by atoms with Gasteiger partial charge in [-0.2, -0.15) is 4.68 Å². The minimum absolute atomic E-state index is 0.0127. The average Bonchev–Trinajstić information content (AvgIpc) is 3.46. The van der Waals surface area contributed by atoms with Crippen molar-refractivity contribution in [3.63, 3.8) is 0 Å². The Morgan fingerprint density at radius 3 is 2.50 bits per heavy atom. The van der Waals surface area contributed by atoms with Crippen LogP contribution in [0.4, 0.5) is 10.1 Å². The van der Waals surface area contributed by atoms with Crippen molar-refractivity contribution < 1.29 is 27.2 Å². The summed E-state index contributed by atoms with van der Waals surface area (Å²) in [7, 11) is -3.91. The van der Waals surface area contributed by atoms with Gasteiger partial charge in [0.1, 0.15) is 18.2 Å². The van der Waals surface area contributed by atoms with Crippen LogP contribution < -0.4 is 15.4 Å². The predicted octanol–water partition coefficient (Wildman–Crippen LogP) is 2.52. The maximum Gasteiger partial charge on any atom is 0.267 e. The molecule has 3 N–H and O–H groups in total. The van der Waals surface area contributed by atoms with Crippen molar-refractivity contribution >= 4 is 51.1 Å². The Hall–Kier alpha value is -4.95. The normalized spacial score (nSPS) is 12.1. The smallest absolute Gasteiger partial charge is 0.267 e. The monoisotopic (exact) mass is 611 g/mol. The second-order valence-corrected chi connectivity index (χ2v) is 11.1. The summed E-state index contributed by atoms with van der Waals surface area (Å²) < 4.78 is 40.3. The zero-order chi connectivity index (χ0) is 30.3. The summed E-state index contributed by atoms with van der Waals surface area (Å²) in [6.07, 6.45) is 4.96. The molecule has 0 saturated heterocycles. The van der Waals surface area contributed by atoms with Crippen LogP contribution in [-0.4, -0.2) is 58.6 Å². The van der Waals surface area contributed by atoms with Gasteiger partial charge in [-0.25, -0.2) is 17.5 Å². The summed E-state index contributed by atoms with van der Waals surface area (Å²) in [5.74, 6) is -3.48. The van der Waals surface area contributed by atoms with E-state index in [1.165, 1.54) is 29.2 Å². The quantitative estimate of drug-likeness (QED) is 0.230. The van der Waals surface area contributed by atoms with Gasteiger partial charge in [-0.3, -0.25) is 14.4 Å².